The van der Waals surface area contributed by atoms with Crippen LogP contribution < -0.4 is 0 Å². The molecule has 0 N–H and O–H groups in total. The Morgan fingerprint density at radius 3 is 2.86 bits per heavy atom. The van der Waals surface area contributed by atoms with Crippen LogP contribution in [0.25, 0.3) is 0 Å². The molecule has 0 spiro atoms. The summed E-state index contributed by atoms with van der Waals surface area (Å²) < 4.78 is 2.02. The second-order valence-electron chi connectivity index (χ2n) is 6.51. The van der Waals surface area contributed by atoms with Gasteiger partial charge in [-0.25, -0.2) is 0 Å². The van der Waals surface area contributed by atoms with Gasteiger partial charge in [0, 0.05) is 35.8 Å². The molecular weight excluding hydrogens is 290 g/mol. The van der Waals surface area contributed by atoms with Gasteiger partial charge in [0.15, 0.2) is 0 Å². The number of hydrogen-bond donors (Lipinski definition) is 0. The number of piperidine rings is 1. The molecule has 1 atom stereocenters. The monoisotopic (exact) mass is 317 g/mol. The molecule has 3 rings (SSSR count). The number of likely N-dealkylation sites (tertiary alicyclic amines) is 1. The SMILES string of the molecule is Cc1nn(C)c(C)c1CN1CCCC[C@H]1CCc1cccs1. The van der Waals surface area contributed by atoms with Crippen molar-refractivity contribution in [3.63, 3.8) is 0 Å². The van der Waals surface area contributed by atoms with Crippen LogP contribution in [0.1, 0.15) is 47.5 Å². The van der Waals surface area contributed by atoms with Crippen LogP contribution in [-0.4, -0.2) is 27.3 Å². The van der Waals surface area contributed by atoms with Gasteiger partial charge in [0.1, 0.15) is 0 Å². The minimum absolute atomic E-state index is 0.731. The van der Waals surface area contributed by atoms with Crippen molar-refractivity contribution in [2.24, 2.45) is 7.05 Å². The maximum atomic E-state index is 4.58. The summed E-state index contributed by atoms with van der Waals surface area (Å²) in [6.45, 7) is 6.65. The van der Waals surface area contributed by atoms with Gasteiger partial charge in [-0.1, -0.05) is 12.5 Å². The van der Waals surface area contributed by atoms with Crippen LogP contribution >= 0.6 is 11.3 Å². The van der Waals surface area contributed by atoms with Crippen LogP contribution in [-0.2, 0) is 20.0 Å². The largest absolute Gasteiger partial charge is 0.296 e. The number of hydrogen-bond acceptors (Lipinski definition) is 3. The highest BCUT2D eigenvalue weighted by molar-refractivity contribution is 7.09. The van der Waals surface area contributed by atoms with E-state index in [0.29, 0.717) is 0 Å². The van der Waals surface area contributed by atoms with Crippen molar-refractivity contribution in [3.05, 3.63) is 39.3 Å². The van der Waals surface area contributed by atoms with Gasteiger partial charge in [0.2, 0.25) is 0 Å². The zero-order valence-electron chi connectivity index (χ0n) is 14.0. The topological polar surface area (TPSA) is 21.1 Å². The molecule has 1 saturated heterocycles. The summed E-state index contributed by atoms with van der Waals surface area (Å²) in [5.74, 6) is 0. The fourth-order valence-electron chi connectivity index (χ4n) is 3.61. The highest BCUT2D eigenvalue weighted by Gasteiger charge is 2.24. The first-order chi connectivity index (χ1) is 10.6. The van der Waals surface area contributed by atoms with E-state index in [-0.39, 0.29) is 0 Å². The van der Waals surface area contributed by atoms with Crippen molar-refractivity contribution in [2.75, 3.05) is 6.54 Å². The lowest BCUT2D eigenvalue weighted by Crippen LogP contribution is -2.39. The van der Waals surface area contributed by atoms with E-state index in [0.717, 1.165) is 12.6 Å². The Kier molecular flexibility index (Phi) is 4.99. The summed E-state index contributed by atoms with van der Waals surface area (Å²) in [5.41, 5.74) is 3.95. The summed E-state index contributed by atoms with van der Waals surface area (Å²) in [6, 6.07) is 5.17. The summed E-state index contributed by atoms with van der Waals surface area (Å²) >= 11 is 1.89. The van der Waals surface area contributed by atoms with Crippen LogP contribution in [0.4, 0.5) is 0 Å². The number of nitrogens with zero attached hydrogens (tertiary/aromatic N) is 3. The fraction of sp³-hybridized carbons (Fsp3) is 0.611. The third-order valence-corrected chi connectivity index (χ3v) is 6.01. The first-order valence-electron chi connectivity index (χ1n) is 8.40. The molecule has 0 amide bonds. The molecule has 0 aromatic carbocycles. The van der Waals surface area contributed by atoms with Crippen molar-refractivity contribution in [1.29, 1.82) is 0 Å². The van der Waals surface area contributed by atoms with Crippen molar-refractivity contribution < 1.29 is 0 Å². The maximum Gasteiger partial charge on any atom is 0.0641 e. The van der Waals surface area contributed by atoms with Crippen LogP contribution in [0.5, 0.6) is 0 Å². The Morgan fingerprint density at radius 1 is 1.32 bits per heavy atom. The Balaban J connectivity index is 1.67. The lowest BCUT2D eigenvalue weighted by Gasteiger charge is -2.36. The fourth-order valence-corrected chi connectivity index (χ4v) is 4.33. The molecule has 0 radical (unpaired) electrons. The molecule has 0 unspecified atom stereocenters. The average molecular weight is 318 g/mol. The predicted molar refractivity (Wildman–Crippen MR) is 93.4 cm³/mol. The van der Waals surface area contributed by atoms with Gasteiger partial charge in [-0.15, -0.1) is 11.3 Å². The van der Waals surface area contributed by atoms with Crippen molar-refractivity contribution >= 4 is 11.3 Å². The van der Waals surface area contributed by atoms with Crippen molar-refractivity contribution in [2.45, 2.75) is 58.5 Å². The number of thiophene rings is 1. The van der Waals surface area contributed by atoms with Gasteiger partial charge in [0.05, 0.1) is 5.69 Å². The molecule has 120 valence electrons. The van der Waals surface area contributed by atoms with E-state index in [1.54, 1.807) is 0 Å². The zero-order chi connectivity index (χ0) is 15.5. The second kappa shape index (κ2) is 6.97. The number of aryl methyl sites for hydroxylation is 3. The van der Waals surface area contributed by atoms with Crippen LogP contribution in [0.3, 0.4) is 0 Å². The first kappa shape index (κ1) is 15.8. The Morgan fingerprint density at radius 2 is 2.18 bits per heavy atom. The Bertz CT molecular complexity index is 600. The average Bonchev–Trinajstić information content (AvgIpc) is 3.11. The maximum absolute atomic E-state index is 4.58. The minimum atomic E-state index is 0.731. The van der Waals surface area contributed by atoms with Gasteiger partial charge < -0.3 is 0 Å². The molecule has 1 aliphatic heterocycles. The van der Waals surface area contributed by atoms with Crippen LogP contribution in [0.15, 0.2) is 17.5 Å². The summed E-state index contributed by atoms with van der Waals surface area (Å²) in [4.78, 5) is 4.23. The highest BCUT2D eigenvalue weighted by Crippen LogP contribution is 2.26. The molecule has 0 aliphatic carbocycles. The van der Waals surface area contributed by atoms with Crippen molar-refractivity contribution in [1.82, 2.24) is 14.7 Å². The highest BCUT2D eigenvalue weighted by atomic mass is 32.1. The molecule has 3 heterocycles. The molecule has 22 heavy (non-hydrogen) atoms. The van der Waals surface area contributed by atoms with E-state index in [9.17, 15) is 0 Å². The number of aromatic nitrogens is 2. The Hall–Kier alpha value is -1.13. The molecule has 0 saturated carbocycles. The van der Waals surface area contributed by atoms with Crippen molar-refractivity contribution in [3.8, 4) is 0 Å². The van der Waals surface area contributed by atoms with Gasteiger partial charge in [-0.3, -0.25) is 9.58 Å². The van der Waals surface area contributed by atoms with Gasteiger partial charge in [-0.2, -0.15) is 5.10 Å². The standard InChI is InChI=1S/C18H27N3S/c1-14-18(15(2)20(3)19-14)13-21-11-5-4-7-16(21)9-10-17-8-6-12-22-17/h6,8,12,16H,4-5,7,9-11,13H2,1-3H3/t16-/m0/s1. The summed E-state index contributed by atoms with van der Waals surface area (Å²) in [5, 5.41) is 6.77. The van der Waals surface area contributed by atoms with Gasteiger partial charge >= 0.3 is 0 Å². The molecule has 1 fully saturated rings. The molecule has 0 bridgehead atoms. The molecule has 4 heteroatoms. The first-order valence-corrected chi connectivity index (χ1v) is 9.28. The smallest absolute Gasteiger partial charge is 0.0641 e. The lowest BCUT2D eigenvalue weighted by molar-refractivity contribution is 0.132. The predicted octanol–water partition coefficient (Wildman–Crippen LogP) is 4.09. The minimum Gasteiger partial charge on any atom is -0.296 e. The van der Waals surface area contributed by atoms with E-state index >= 15 is 0 Å². The lowest BCUT2D eigenvalue weighted by atomic mass is 9.96. The quantitative estimate of drug-likeness (QED) is 0.828. The Labute approximate surface area is 138 Å². The third kappa shape index (κ3) is 3.44. The molecule has 1 aliphatic rings. The summed E-state index contributed by atoms with van der Waals surface area (Å²) in [6.07, 6.45) is 6.59. The van der Waals surface area contributed by atoms with Gasteiger partial charge in [0.25, 0.3) is 0 Å². The van der Waals surface area contributed by atoms with E-state index in [1.807, 2.05) is 16.0 Å². The van der Waals surface area contributed by atoms with E-state index in [1.165, 1.54) is 60.5 Å². The molecule has 3 nitrogen and oxygen atoms in total. The number of rotatable bonds is 5. The van der Waals surface area contributed by atoms with Gasteiger partial charge in [-0.05, 0) is 57.5 Å². The second-order valence-corrected chi connectivity index (χ2v) is 7.54. The zero-order valence-corrected chi connectivity index (χ0v) is 14.8. The molecule has 2 aromatic heterocycles. The van der Waals surface area contributed by atoms with E-state index in [2.05, 4.69) is 48.4 Å². The van der Waals surface area contributed by atoms with E-state index < -0.39 is 0 Å². The van der Waals surface area contributed by atoms with Crippen LogP contribution in [0, 0.1) is 13.8 Å². The molecular formula is C18H27N3S. The van der Waals surface area contributed by atoms with Crippen LogP contribution in [0.2, 0.25) is 0 Å². The van der Waals surface area contributed by atoms with E-state index in [4.69, 9.17) is 0 Å². The third-order valence-electron chi connectivity index (χ3n) is 5.07. The normalized spacial score (nSPS) is 19.7. The summed E-state index contributed by atoms with van der Waals surface area (Å²) in [7, 11) is 2.05. The molecule has 2 aromatic rings.